The fraction of sp³-hybridized carbons (Fsp3) is 0.833. The summed E-state index contributed by atoms with van der Waals surface area (Å²) in [5.74, 6) is 0. The highest BCUT2D eigenvalue weighted by molar-refractivity contribution is 9.09. The lowest BCUT2D eigenvalue weighted by Gasteiger charge is -2.21. The second-order valence-corrected chi connectivity index (χ2v) is 3.24. The van der Waals surface area contributed by atoms with E-state index in [4.69, 9.17) is 5.11 Å². The largest absolute Gasteiger partial charge is 0.392 e. The van der Waals surface area contributed by atoms with Gasteiger partial charge in [-0.15, -0.1) is 0 Å². The van der Waals surface area contributed by atoms with Crippen LogP contribution in [-0.4, -0.2) is 16.0 Å². The van der Waals surface area contributed by atoms with Crippen molar-refractivity contribution < 1.29 is 5.11 Å². The van der Waals surface area contributed by atoms with E-state index in [1.807, 2.05) is 0 Å². The van der Waals surface area contributed by atoms with Crippen molar-refractivity contribution in [2.75, 3.05) is 0 Å². The van der Waals surface area contributed by atoms with Gasteiger partial charge in [0.05, 0.1) is 6.10 Å². The standard InChI is InChI=1S/C6H10BrO/c7-5-3-1-2-4-6(5)8/h3,5-6,8H,1-2,4H2. The minimum absolute atomic E-state index is 0.135. The molecular weight excluding hydrogens is 168 g/mol. The van der Waals surface area contributed by atoms with Gasteiger partial charge in [0.2, 0.25) is 0 Å². The SMILES string of the molecule is OC1CCC[CH]C1Br. The molecule has 1 nitrogen and oxygen atoms in total. The summed E-state index contributed by atoms with van der Waals surface area (Å²) < 4.78 is 0. The van der Waals surface area contributed by atoms with E-state index < -0.39 is 0 Å². The highest BCUT2D eigenvalue weighted by Crippen LogP contribution is 2.22. The maximum atomic E-state index is 9.10. The molecule has 1 N–H and O–H groups in total. The second-order valence-electron chi connectivity index (χ2n) is 2.18. The monoisotopic (exact) mass is 177 g/mol. The van der Waals surface area contributed by atoms with Crippen molar-refractivity contribution in [2.45, 2.75) is 30.2 Å². The molecule has 0 aromatic heterocycles. The first-order chi connectivity index (χ1) is 3.80. The normalized spacial score (nSPS) is 39.8. The van der Waals surface area contributed by atoms with Gasteiger partial charge in [0, 0.05) is 4.83 Å². The van der Waals surface area contributed by atoms with Gasteiger partial charge in [-0.2, -0.15) is 0 Å². The number of halogens is 1. The van der Waals surface area contributed by atoms with Crippen LogP contribution in [0.15, 0.2) is 0 Å². The van der Waals surface area contributed by atoms with Crippen LogP contribution in [0.5, 0.6) is 0 Å². The number of aliphatic hydroxyl groups excluding tert-OH is 1. The van der Waals surface area contributed by atoms with Crippen LogP contribution in [0.1, 0.15) is 19.3 Å². The topological polar surface area (TPSA) is 20.2 Å². The lowest BCUT2D eigenvalue weighted by Crippen LogP contribution is -2.24. The van der Waals surface area contributed by atoms with Gasteiger partial charge >= 0.3 is 0 Å². The summed E-state index contributed by atoms with van der Waals surface area (Å²) in [4.78, 5) is 0.247. The highest BCUT2D eigenvalue weighted by atomic mass is 79.9. The van der Waals surface area contributed by atoms with E-state index in [1.54, 1.807) is 0 Å². The third-order valence-corrected chi connectivity index (χ3v) is 2.45. The Kier molecular flexibility index (Phi) is 2.32. The zero-order chi connectivity index (χ0) is 5.98. The van der Waals surface area contributed by atoms with Crippen LogP contribution in [0, 0.1) is 6.42 Å². The second kappa shape index (κ2) is 2.83. The minimum atomic E-state index is -0.135. The maximum Gasteiger partial charge on any atom is 0.0668 e. The third-order valence-electron chi connectivity index (χ3n) is 1.46. The van der Waals surface area contributed by atoms with E-state index >= 15 is 0 Å². The Balaban J connectivity index is 2.28. The predicted molar refractivity (Wildman–Crippen MR) is 36.9 cm³/mol. The predicted octanol–water partition coefficient (Wildman–Crippen LogP) is 1.50. The fourth-order valence-corrected chi connectivity index (χ4v) is 1.45. The van der Waals surface area contributed by atoms with Gasteiger partial charge < -0.3 is 5.11 Å². The first kappa shape index (κ1) is 6.56. The Labute approximate surface area is 58.2 Å². The average molecular weight is 178 g/mol. The molecule has 0 amide bonds. The van der Waals surface area contributed by atoms with Crippen molar-refractivity contribution in [3.8, 4) is 0 Å². The molecule has 0 bridgehead atoms. The summed E-state index contributed by atoms with van der Waals surface area (Å²) in [6, 6.07) is 0. The van der Waals surface area contributed by atoms with Gasteiger partial charge in [-0.25, -0.2) is 0 Å². The summed E-state index contributed by atoms with van der Waals surface area (Å²) in [7, 11) is 0. The first-order valence-corrected chi connectivity index (χ1v) is 3.88. The van der Waals surface area contributed by atoms with Crippen molar-refractivity contribution in [2.24, 2.45) is 0 Å². The lowest BCUT2D eigenvalue weighted by atomic mass is 9.98. The molecule has 0 aromatic carbocycles. The van der Waals surface area contributed by atoms with E-state index in [1.165, 1.54) is 0 Å². The number of hydrogen-bond acceptors (Lipinski definition) is 1. The van der Waals surface area contributed by atoms with Crippen LogP contribution in [0.25, 0.3) is 0 Å². The molecule has 2 heteroatoms. The Hall–Kier alpha value is 0.440. The number of hydrogen-bond donors (Lipinski definition) is 1. The molecular formula is C6H10BrO. The van der Waals surface area contributed by atoms with Crippen LogP contribution >= 0.6 is 15.9 Å². The molecule has 0 spiro atoms. The zero-order valence-electron chi connectivity index (χ0n) is 4.68. The van der Waals surface area contributed by atoms with Crippen LogP contribution in [0.2, 0.25) is 0 Å². The van der Waals surface area contributed by atoms with Crippen molar-refractivity contribution >= 4 is 15.9 Å². The summed E-state index contributed by atoms with van der Waals surface area (Å²) in [5.41, 5.74) is 0. The number of aliphatic hydroxyl groups is 1. The van der Waals surface area contributed by atoms with Crippen molar-refractivity contribution in [3.63, 3.8) is 0 Å². The molecule has 1 radical (unpaired) electrons. The van der Waals surface area contributed by atoms with E-state index in [-0.39, 0.29) is 10.9 Å². The van der Waals surface area contributed by atoms with Crippen molar-refractivity contribution in [1.29, 1.82) is 0 Å². The van der Waals surface area contributed by atoms with Gasteiger partial charge in [0.1, 0.15) is 0 Å². The first-order valence-electron chi connectivity index (χ1n) is 2.96. The Morgan fingerprint density at radius 2 is 2.38 bits per heavy atom. The molecule has 0 heterocycles. The van der Waals surface area contributed by atoms with Gasteiger partial charge in [-0.3, -0.25) is 0 Å². The molecule has 2 atom stereocenters. The third kappa shape index (κ3) is 1.46. The quantitative estimate of drug-likeness (QED) is 0.557. The fourth-order valence-electron chi connectivity index (χ4n) is 0.920. The summed E-state index contributed by atoms with van der Waals surface area (Å²) >= 11 is 3.35. The number of alkyl halides is 1. The molecule has 0 aromatic rings. The summed E-state index contributed by atoms with van der Waals surface area (Å²) in [6.45, 7) is 0. The lowest BCUT2D eigenvalue weighted by molar-refractivity contribution is 0.155. The van der Waals surface area contributed by atoms with Crippen LogP contribution < -0.4 is 0 Å². The molecule has 8 heavy (non-hydrogen) atoms. The molecule has 1 rings (SSSR count). The molecule has 0 saturated heterocycles. The van der Waals surface area contributed by atoms with Crippen molar-refractivity contribution in [3.05, 3.63) is 6.42 Å². The highest BCUT2D eigenvalue weighted by Gasteiger charge is 2.19. The molecule has 2 unspecified atom stereocenters. The van der Waals surface area contributed by atoms with Crippen LogP contribution in [0.3, 0.4) is 0 Å². The molecule has 1 aliphatic carbocycles. The van der Waals surface area contributed by atoms with E-state index in [2.05, 4.69) is 22.4 Å². The smallest absolute Gasteiger partial charge is 0.0668 e. The summed E-state index contributed by atoms with van der Waals surface area (Å²) in [6.07, 6.45) is 5.22. The zero-order valence-corrected chi connectivity index (χ0v) is 6.26. The van der Waals surface area contributed by atoms with Crippen molar-refractivity contribution in [1.82, 2.24) is 0 Å². The van der Waals surface area contributed by atoms with Gasteiger partial charge in [0.15, 0.2) is 0 Å². The van der Waals surface area contributed by atoms with E-state index in [0.717, 1.165) is 19.3 Å². The number of rotatable bonds is 0. The molecule has 1 fully saturated rings. The van der Waals surface area contributed by atoms with Crippen LogP contribution in [-0.2, 0) is 0 Å². The van der Waals surface area contributed by atoms with Gasteiger partial charge in [-0.05, 0) is 19.3 Å². The average Bonchev–Trinajstić information content (AvgIpc) is 1.77. The van der Waals surface area contributed by atoms with E-state index in [0.29, 0.717) is 0 Å². The maximum absolute atomic E-state index is 9.10. The minimum Gasteiger partial charge on any atom is -0.392 e. The summed E-state index contributed by atoms with van der Waals surface area (Å²) in [5, 5.41) is 9.10. The molecule has 47 valence electrons. The Morgan fingerprint density at radius 1 is 1.62 bits per heavy atom. The molecule has 1 saturated carbocycles. The van der Waals surface area contributed by atoms with Gasteiger partial charge in [0.25, 0.3) is 0 Å². The molecule has 0 aliphatic heterocycles. The Bertz CT molecular complexity index is 64.9. The van der Waals surface area contributed by atoms with Crippen LogP contribution in [0.4, 0.5) is 0 Å². The molecule has 1 aliphatic rings. The Morgan fingerprint density at radius 3 is 2.75 bits per heavy atom. The van der Waals surface area contributed by atoms with Gasteiger partial charge in [-0.1, -0.05) is 22.4 Å². The van der Waals surface area contributed by atoms with E-state index in [9.17, 15) is 0 Å².